The third-order valence-electron chi connectivity index (χ3n) is 3.32. The van der Waals surface area contributed by atoms with E-state index >= 15 is 0 Å². The number of nitrogens with one attached hydrogen (secondary N) is 1. The first-order valence-corrected chi connectivity index (χ1v) is 6.26. The quantitative estimate of drug-likeness (QED) is 0.794. The first kappa shape index (κ1) is 12.5. The van der Waals surface area contributed by atoms with Gasteiger partial charge in [0.05, 0.1) is 11.4 Å². The fraction of sp³-hybridized carbons (Fsp3) is 0.250. The third kappa shape index (κ3) is 2.48. The van der Waals surface area contributed by atoms with E-state index in [1.165, 1.54) is 16.7 Å². The lowest BCUT2D eigenvalue weighted by Gasteiger charge is -2.20. The van der Waals surface area contributed by atoms with Crippen molar-refractivity contribution in [3.8, 4) is 0 Å². The minimum atomic E-state index is 0.245. The molecule has 0 heterocycles. The van der Waals surface area contributed by atoms with E-state index in [1.54, 1.807) is 0 Å². The fourth-order valence-corrected chi connectivity index (χ4v) is 2.25. The summed E-state index contributed by atoms with van der Waals surface area (Å²) in [7, 11) is 0. The predicted molar refractivity (Wildman–Crippen MR) is 78.8 cm³/mol. The Labute approximate surface area is 109 Å². The minimum absolute atomic E-state index is 0.245. The molecule has 0 amide bonds. The summed E-state index contributed by atoms with van der Waals surface area (Å²) in [5.74, 6) is 0. The highest BCUT2D eigenvalue weighted by atomic mass is 14.9. The molecular formula is C16H20N2. The van der Waals surface area contributed by atoms with Crippen LogP contribution in [0.25, 0.3) is 0 Å². The molecule has 1 atom stereocenters. The number of hydrogen-bond acceptors (Lipinski definition) is 2. The summed E-state index contributed by atoms with van der Waals surface area (Å²) in [4.78, 5) is 0. The Morgan fingerprint density at radius 3 is 2.28 bits per heavy atom. The Hall–Kier alpha value is -1.96. The lowest BCUT2D eigenvalue weighted by atomic mass is 10.0. The molecule has 0 aliphatic carbocycles. The van der Waals surface area contributed by atoms with Gasteiger partial charge in [0.1, 0.15) is 0 Å². The van der Waals surface area contributed by atoms with E-state index in [0.29, 0.717) is 0 Å². The topological polar surface area (TPSA) is 38.0 Å². The number of nitrogens with two attached hydrogens (primary N) is 1. The predicted octanol–water partition coefficient (Wildman–Crippen LogP) is 4.06. The summed E-state index contributed by atoms with van der Waals surface area (Å²) in [5.41, 5.74) is 11.6. The lowest BCUT2D eigenvalue weighted by molar-refractivity contribution is 0.873. The lowest BCUT2D eigenvalue weighted by Crippen LogP contribution is -2.10. The van der Waals surface area contributed by atoms with E-state index in [9.17, 15) is 0 Å². The molecule has 0 spiro atoms. The summed E-state index contributed by atoms with van der Waals surface area (Å²) in [6.45, 7) is 6.37. The fourth-order valence-electron chi connectivity index (χ4n) is 2.25. The maximum Gasteiger partial charge on any atom is 0.0608 e. The molecule has 0 aliphatic heterocycles. The summed E-state index contributed by atoms with van der Waals surface area (Å²) < 4.78 is 0. The Kier molecular flexibility index (Phi) is 3.56. The molecule has 2 aromatic rings. The van der Waals surface area contributed by atoms with E-state index in [4.69, 9.17) is 5.73 Å². The van der Waals surface area contributed by atoms with Crippen LogP contribution in [0, 0.1) is 13.8 Å². The second kappa shape index (κ2) is 5.13. The molecule has 0 saturated heterocycles. The Bertz CT molecular complexity index is 526. The zero-order chi connectivity index (χ0) is 13.1. The summed E-state index contributed by atoms with van der Waals surface area (Å²) in [5, 5.41) is 3.51. The van der Waals surface area contributed by atoms with Gasteiger partial charge in [0.25, 0.3) is 0 Å². The SMILES string of the molecule is Cc1ccccc1C(C)Nc1c(C)cccc1N. The third-order valence-corrected chi connectivity index (χ3v) is 3.32. The van der Waals surface area contributed by atoms with Gasteiger partial charge in [0.2, 0.25) is 0 Å². The molecule has 0 aromatic heterocycles. The average Bonchev–Trinajstić information content (AvgIpc) is 2.34. The van der Waals surface area contributed by atoms with Gasteiger partial charge in [-0.3, -0.25) is 0 Å². The van der Waals surface area contributed by atoms with Gasteiger partial charge in [-0.05, 0) is 43.5 Å². The van der Waals surface area contributed by atoms with Crippen molar-refractivity contribution in [3.05, 3.63) is 59.2 Å². The molecule has 0 radical (unpaired) electrons. The van der Waals surface area contributed by atoms with E-state index < -0.39 is 0 Å². The highest BCUT2D eigenvalue weighted by molar-refractivity contribution is 5.70. The summed E-state index contributed by atoms with van der Waals surface area (Å²) in [6, 6.07) is 14.7. The molecule has 0 aliphatic rings. The second-order valence-corrected chi connectivity index (χ2v) is 4.76. The normalized spacial score (nSPS) is 12.2. The van der Waals surface area contributed by atoms with E-state index in [-0.39, 0.29) is 6.04 Å². The van der Waals surface area contributed by atoms with Crippen molar-refractivity contribution >= 4 is 11.4 Å². The molecule has 2 nitrogen and oxygen atoms in total. The number of benzene rings is 2. The smallest absolute Gasteiger partial charge is 0.0608 e. The second-order valence-electron chi connectivity index (χ2n) is 4.76. The van der Waals surface area contributed by atoms with Crippen molar-refractivity contribution < 1.29 is 0 Å². The molecule has 2 heteroatoms. The van der Waals surface area contributed by atoms with Crippen LogP contribution in [0.3, 0.4) is 0 Å². The van der Waals surface area contributed by atoms with Crippen molar-refractivity contribution in [2.24, 2.45) is 0 Å². The van der Waals surface area contributed by atoms with Crippen LogP contribution in [0.1, 0.15) is 29.7 Å². The number of aryl methyl sites for hydroxylation is 2. The van der Waals surface area contributed by atoms with Crippen molar-refractivity contribution in [2.75, 3.05) is 11.1 Å². The van der Waals surface area contributed by atoms with Gasteiger partial charge in [-0.1, -0.05) is 36.4 Å². The molecule has 2 rings (SSSR count). The molecule has 0 saturated carbocycles. The van der Waals surface area contributed by atoms with Crippen LogP contribution in [0.4, 0.5) is 11.4 Å². The van der Waals surface area contributed by atoms with Crippen molar-refractivity contribution in [1.82, 2.24) is 0 Å². The van der Waals surface area contributed by atoms with Gasteiger partial charge in [-0.15, -0.1) is 0 Å². The number of anilines is 2. The van der Waals surface area contributed by atoms with Gasteiger partial charge in [0, 0.05) is 6.04 Å². The minimum Gasteiger partial charge on any atom is -0.397 e. The number of rotatable bonds is 3. The average molecular weight is 240 g/mol. The van der Waals surface area contributed by atoms with Crippen molar-refractivity contribution in [3.63, 3.8) is 0 Å². The molecule has 18 heavy (non-hydrogen) atoms. The molecule has 94 valence electrons. The standard InChI is InChI=1S/C16H20N2/c1-11-7-4-5-9-14(11)13(3)18-16-12(2)8-6-10-15(16)17/h4-10,13,18H,17H2,1-3H3. The monoisotopic (exact) mass is 240 g/mol. The van der Waals surface area contributed by atoms with Crippen LogP contribution in [0.2, 0.25) is 0 Å². The maximum absolute atomic E-state index is 6.02. The van der Waals surface area contributed by atoms with E-state index in [0.717, 1.165) is 11.4 Å². The van der Waals surface area contributed by atoms with Crippen molar-refractivity contribution in [1.29, 1.82) is 0 Å². The van der Waals surface area contributed by atoms with E-state index in [2.05, 4.69) is 56.4 Å². The van der Waals surface area contributed by atoms with Gasteiger partial charge < -0.3 is 11.1 Å². The zero-order valence-corrected chi connectivity index (χ0v) is 11.2. The highest BCUT2D eigenvalue weighted by Crippen LogP contribution is 2.28. The van der Waals surface area contributed by atoms with Gasteiger partial charge in [-0.2, -0.15) is 0 Å². The van der Waals surface area contributed by atoms with Crippen molar-refractivity contribution in [2.45, 2.75) is 26.8 Å². The summed E-state index contributed by atoms with van der Waals surface area (Å²) >= 11 is 0. The molecular weight excluding hydrogens is 220 g/mol. The van der Waals surface area contributed by atoms with Crippen LogP contribution < -0.4 is 11.1 Å². The van der Waals surface area contributed by atoms with Crippen LogP contribution in [0.15, 0.2) is 42.5 Å². The molecule has 2 aromatic carbocycles. The Balaban J connectivity index is 2.27. The van der Waals surface area contributed by atoms with Gasteiger partial charge in [0.15, 0.2) is 0 Å². The summed E-state index contributed by atoms with van der Waals surface area (Å²) in [6.07, 6.45) is 0. The first-order chi connectivity index (χ1) is 8.59. The first-order valence-electron chi connectivity index (χ1n) is 6.26. The zero-order valence-electron chi connectivity index (χ0n) is 11.2. The number of hydrogen-bond donors (Lipinski definition) is 2. The maximum atomic E-state index is 6.02. The Morgan fingerprint density at radius 2 is 1.61 bits per heavy atom. The van der Waals surface area contributed by atoms with Gasteiger partial charge in [-0.25, -0.2) is 0 Å². The van der Waals surface area contributed by atoms with Crippen LogP contribution in [-0.4, -0.2) is 0 Å². The molecule has 1 unspecified atom stereocenters. The highest BCUT2D eigenvalue weighted by Gasteiger charge is 2.10. The van der Waals surface area contributed by atoms with Crippen LogP contribution in [-0.2, 0) is 0 Å². The largest absolute Gasteiger partial charge is 0.397 e. The number of para-hydroxylation sites is 1. The van der Waals surface area contributed by atoms with Crippen LogP contribution in [0.5, 0.6) is 0 Å². The van der Waals surface area contributed by atoms with Crippen LogP contribution >= 0.6 is 0 Å². The van der Waals surface area contributed by atoms with E-state index in [1.807, 2.05) is 12.1 Å². The molecule has 3 N–H and O–H groups in total. The molecule has 0 fully saturated rings. The van der Waals surface area contributed by atoms with Gasteiger partial charge >= 0.3 is 0 Å². The molecule has 0 bridgehead atoms. The number of nitrogen functional groups attached to an aromatic ring is 1. The Morgan fingerprint density at radius 1 is 0.944 bits per heavy atom.